The topological polar surface area (TPSA) is 101 Å². The van der Waals surface area contributed by atoms with Crippen LogP contribution in [-0.2, 0) is 14.8 Å². The number of carbonyl (C=O) groups excluding carboxylic acids is 1. The van der Waals surface area contributed by atoms with Crippen LogP contribution in [0.1, 0.15) is 32.6 Å². The van der Waals surface area contributed by atoms with Crippen LogP contribution in [0, 0.1) is 0 Å². The number of nitrogens with one attached hydrogen (secondary N) is 2. The summed E-state index contributed by atoms with van der Waals surface area (Å²) in [4.78, 5) is 13.5. The number of hydrazine groups is 1. The third kappa shape index (κ3) is 5.27. The van der Waals surface area contributed by atoms with Gasteiger partial charge in [0.2, 0.25) is 5.91 Å². The van der Waals surface area contributed by atoms with E-state index in [1.54, 1.807) is 0 Å². The fourth-order valence-electron chi connectivity index (χ4n) is 1.43. The lowest BCUT2D eigenvalue weighted by molar-refractivity contribution is -0.121. The van der Waals surface area contributed by atoms with Gasteiger partial charge in [0, 0.05) is 12.1 Å². The van der Waals surface area contributed by atoms with Gasteiger partial charge >= 0.3 is 0 Å². The second-order valence-corrected chi connectivity index (χ2v) is 5.86. The van der Waals surface area contributed by atoms with Gasteiger partial charge in [-0.3, -0.25) is 10.2 Å². The summed E-state index contributed by atoms with van der Waals surface area (Å²) in [5, 5.41) is 0. The van der Waals surface area contributed by atoms with Gasteiger partial charge in [-0.05, 0) is 30.7 Å². The molecule has 6 nitrogen and oxygen atoms in total. The first-order chi connectivity index (χ1) is 8.95. The van der Waals surface area contributed by atoms with Crippen molar-refractivity contribution in [3.8, 4) is 0 Å². The fourth-order valence-corrected chi connectivity index (χ4v) is 2.29. The molecule has 7 heteroatoms. The molecule has 0 spiro atoms. The Labute approximate surface area is 113 Å². The van der Waals surface area contributed by atoms with Crippen LogP contribution in [-0.4, -0.2) is 14.3 Å². The Balaban J connectivity index is 2.51. The number of hydrogen-bond donors (Lipinski definition) is 3. The third-order valence-corrected chi connectivity index (χ3v) is 3.79. The molecule has 0 saturated heterocycles. The van der Waals surface area contributed by atoms with E-state index in [4.69, 9.17) is 5.73 Å². The molecule has 0 aliphatic carbocycles. The largest absolute Gasteiger partial charge is 0.399 e. The van der Waals surface area contributed by atoms with E-state index in [-0.39, 0.29) is 10.8 Å². The monoisotopic (exact) mass is 285 g/mol. The molecule has 106 valence electrons. The lowest BCUT2D eigenvalue weighted by Crippen LogP contribution is -2.41. The summed E-state index contributed by atoms with van der Waals surface area (Å²) in [5.74, 6) is -0.340. The summed E-state index contributed by atoms with van der Waals surface area (Å²) >= 11 is 0. The number of nitrogen functional groups attached to an aromatic ring is 1. The Hall–Kier alpha value is -1.60. The van der Waals surface area contributed by atoms with Crippen LogP contribution in [0.2, 0.25) is 0 Å². The third-order valence-electron chi connectivity index (χ3n) is 2.52. The maximum Gasteiger partial charge on any atom is 0.257 e. The molecule has 0 bridgehead atoms. The first-order valence-corrected chi connectivity index (χ1v) is 7.60. The predicted octanol–water partition coefficient (Wildman–Crippen LogP) is 1.16. The predicted molar refractivity (Wildman–Crippen MR) is 73.5 cm³/mol. The number of amides is 1. The molecule has 0 aromatic heterocycles. The number of sulfonamides is 1. The standard InChI is InChI=1S/C12H19N3O3S/c1-2-3-4-5-12(16)14-15-19(17,18)11-8-6-10(13)7-9-11/h6-9,15H,2-5,13H2,1H3,(H,14,16). The molecule has 1 rings (SSSR count). The normalized spacial score (nSPS) is 11.2. The van der Waals surface area contributed by atoms with Crippen molar-refractivity contribution in [1.82, 2.24) is 10.3 Å². The molecule has 1 aromatic carbocycles. The van der Waals surface area contributed by atoms with Crippen LogP contribution in [0.25, 0.3) is 0 Å². The highest BCUT2D eigenvalue weighted by Gasteiger charge is 2.14. The van der Waals surface area contributed by atoms with Crippen LogP contribution in [0.4, 0.5) is 5.69 Å². The molecule has 0 unspecified atom stereocenters. The molecule has 0 atom stereocenters. The van der Waals surface area contributed by atoms with Crippen LogP contribution in [0.15, 0.2) is 29.2 Å². The van der Waals surface area contributed by atoms with E-state index in [1.807, 2.05) is 6.92 Å². The molecular formula is C12H19N3O3S. The quantitative estimate of drug-likeness (QED) is 0.397. The minimum Gasteiger partial charge on any atom is -0.399 e. The maximum atomic E-state index is 11.8. The van der Waals surface area contributed by atoms with Crippen LogP contribution in [0.5, 0.6) is 0 Å². The van der Waals surface area contributed by atoms with E-state index in [0.29, 0.717) is 12.1 Å². The summed E-state index contributed by atoms with van der Waals surface area (Å²) in [6.07, 6.45) is 2.99. The summed E-state index contributed by atoms with van der Waals surface area (Å²) in [7, 11) is -3.74. The smallest absolute Gasteiger partial charge is 0.257 e. The fraction of sp³-hybridized carbons (Fsp3) is 0.417. The summed E-state index contributed by atoms with van der Waals surface area (Å²) in [5.41, 5.74) is 8.14. The number of nitrogens with two attached hydrogens (primary N) is 1. The van der Waals surface area contributed by atoms with Gasteiger partial charge in [-0.2, -0.15) is 0 Å². The molecule has 0 aliphatic rings. The molecule has 0 fully saturated rings. The Kier molecular flexibility index (Phi) is 5.78. The Bertz CT molecular complexity index is 512. The average molecular weight is 285 g/mol. The highest BCUT2D eigenvalue weighted by atomic mass is 32.2. The van der Waals surface area contributed by atoms with E-state index >= 15 is 0 Å². The first-order valence-electron chi connectivity index (χ1n) is 6.12. The van der Waals surface area contributed by atoms with E-state index in [0.717, 1.165) is 19.3 Å². The van der Waals surface area contributed by atoms with Crippen LogP contribution in [0.3, 0.4) is 0 Å². The molecule has 4 N–H and O–H groups in total. The molecule has 1 aromatic rings. The number of anilines is 1. The van der Waals surface area contributed by atoms with Crippen molar-refractivity contribution in [2.45, 2.75) is 37.5 Å². The second-order valence-electron chi connectivity index (χ2n) is 4.18. The molecule has 0 aliphatic heterocycles. The van der Waals surface area contributed by atoms with Gasteiger partial charge in [-0.15, -0.1) is 4.83 Å². The van der Waals surface area contributed by atoms with Gasteiger partial charge in [0.05, 0.1) is 4.90 Å². The zero-order chi connectivity index (χ0) is 14.3. The van der Waals surface area contributed by atoms with Gasteiger partial charge in [-0.25, -0.2) is 8.42 Å². The van der Waals surface area contributed by atoms with Gasteiger partial charge in [0.1, 0.15) is 0 Å². The summed E-state index contributed by atoms with van der Waals surface area (Å²) < 4.78 is 23.6. The van der Waals surface area contributed by atoms with Gasteiger partial charge in [-0.1, -0.05) is 19.8 Å². The Morgan fingerprint density at radius 3 is 2.42 bits per heavy atom. The Morgan fingerprint density at radius 1 is 1.21 bits per heavy atom. The zero-order valence-corrected chi connectivity index (χ0v) is 11.7. The molecule has 19 heavy (non-hydrogen) atoms. The Morgan fingerprint density at radius 2 is 1.84 bits per heavy atom. The first kappa shape index (κ1) is 15.5. The van der Waals surface area contributed by atoms with Crippen molar-refractivity contribution in [2.75, 3.05) is 5.73 Å². The molecule has 1 amide bonds. The molecule has 0 saturated carbocycles. The van der Waals surface area contributed by atoms with Crippen LogP contribution >= 0.6 is 0 Å². The molecule has 0 radical (unpaired) electrons. The van der Waals surface area contributed by atoms with Gasteiger partial charge in [0.25, 0.3) is 10.0 Å². The summed E-state index contributed by atoms with van der Waals surface area (Å²) in [6, 6.07) is 5.72. The highest BCUT2D eigenvalue weighted by Crippen LogP contribution is 2.10. The number of hydrogen-bond acceptors (Lipinski definition) is 4. The van der Waals surface area contributed by atoms with Crippen LogP contribution < -0.4 is 16.0 Å². The molecular weight excluding hydrogens is 266 g/mol. The lowest BCUT2D eigenvalue weighted by Gasteiger charge is -2.08. The second kappa shape index (κ2) is 7.10. The number of rotatable bonds is 7. The number of benzene rings is 1. The van der Waals surface area contributed by atoms with E-state index in [2.05, 4.69) is 10.3 Å². The van der Waals surface area contributed by atoms with Crippen molar-refractivity contribution >= 4 is 21.6 Å². The van der Waals surface area contributed by atoms with E-state index in [9.17, 15) is 13.2 Å². The minimum atomic E-state index is -3.74. The zero-order valence-electron chi connectivity index (χ0n) is 10.8. The van der Waals surface area contributed by atoms with Gasteiger partial charge < -0.3 is 5.73 Å². The minimum absolute atomic E-state index is 0.0514. The van der Waals surface area contributed by atoms with Crippen molar-refractivity contribution < 1.29 is 13.2 Å². The SMILES string of the molecule is CCCCCC(=O)NNS(=O)(=O)c1ccc(N)cc1. The van der Waals surface area contributed by atoms with Crippen molar-refractivity contribution in [1.29, 1.82) is 0 Å². The maximum absolute atomic E-state index is 11.8. The molecule has 0 heterocycles. The van der Waals surface area contributed by atoms with E-state index < -0.39 is 10.0 Å². The summed E-state index contributed by atoms with van der Waals surface area (Å²) in [6.45, 7) is 2.03. The number of unbranched alkanes of at least 4 members (excludes halogenated alkanes) is 2. The van der Waals surface area contributed by atoms with Crippen molar-refractivity contribution in [3.63, 3.8) is 0 Å². The van der Waals surface area contributed by atoms with Crippen molar-refractivity contribution in [3.05, 3.63) is 24.3 Å². The lowest BCUT2D eigenvalue weighted by atomic mass is 10.2. The average Bonchev–Trinajstić information content (AvgIpc) is 2.37. The van der Waals surface area contributed by atoms with Crippen molar-refractivity contribution in [2.24, 2.45) is 0 Å². The highest BCUT2D eigenvalue weighted by molar-refractivity contribution is 7.89. The van der Waals surface area contributed by atoms with E-state index in [1.165, 1.54) is 24.3 Å². The van der Waals surface area contributed by atoms with Gasteiger partial charge in [0.15, 0.2) is 0 Å². The number of carbonyl (C=O) groups is 1.